The average Bonchev–Trinajstić information content (AvgIpc) is 3.61. The number of rotatable bonds is 9. The molecule has 0 saturated carbocycles. The third-order valence-electron chi connectivity index (χ3n) is 7.11. The van der Waals surface area contributed by atoms with Crippen LogP contribution in [0.15, 0.2) is 42.6 Å². The molecule has 0 amide bonds. The monoisotopic (exact) mass is 548 g/mol. The average molecular weight is 549 g/mol. The first-order valence-corrected chi connectivity index (χ1v) is 13.6. The maximum atomic E-state index is 11.0. The van der Waals surface area contributed by atoms with Crippen molar-refractivity contribution in [3.63, 3.8) is 0 Å². The third kappa shape index (κ3) is 5.45. The number of nitrogens with one attached hydrogen (secondary N) is 1. The molecule has 0 spiro atoms. The van der Waals surface area contributed by atoms with Gasteiger partial charge in [-0.3, -0.25) is 0 Å². The van der Waals surface area contributed by atoms with E-state index in [-0.39, 0.29) is 12.5 Å². The highest BCUT2D eigenvalue weighted by molar-refractivity contribution is 5.83. The van der Waals surface area contributed by atoms with Crippen molar-refractivity contribution in [2.75, 3.05) is 32.2 Å². The highest BCUT2D eigenvalue weighted by Crippen LogP contribution is 2.35. The Bertz CT molecular complexity index is 1490. The van der Waals surface area contributed by atoms with Gasteiger partial charge in [0.2, 0.25) is 5.95 Å². The fourth-order valence-electron chi connectivity index (χ4n) is 5.16. The number of carbonyl (C=O) groups is 1. The lowest BCUT2D eigenvalue weighted by Gasteiger charge is -2.23. The van der Waals surface area contributed by atoms with E-state index in [1.54, 1.807) is 22.9 Å². The standard InChI is InChI=1S/C28H32N6O6/c1-37-23-15-18(8-11-22(23)40-17-26(35)36)27-31-28(32-34(27)25-7-3-5-13-39-25)30-20-9-10-21-19(14-20)16-29-33(21)24-6-2-4-12-38-24/h8-11,14-16,24-25H,2-7,12-13,17H2,1H3,(H,30,32)(H,35,36). The summed E-state index contributed by atoms with van der Waals surface area (Å²) in [6.07, 6.45) is 7.62. The fraction of sp³-hybridized carbons (Fsp3) is 0.429. The molecular formula is C28H32N6O6. The topological polar surface area (TPSA) is 135 Å². The number of benzene rings is 2. The van der Waals surface area contributed by atoms with Gasteiger partial charge in [-0.1, -0.05) is 0 Å². The first-order chi connectivity index (χ1) is 19.6. The number of methoxy groups -OCH3 is 1. The van der Waals surface area contributed by atoms with Gasteiger partial charge in [0.1, 0.15) is 0 Å². The lowest BCUT2D eigenvalue weighted by Crippen LogP contribution is -2.20. The van der Waals surface area contributed by atoms with E-state index in [9.17, 15) is 4.79 Å². The van der Waals surface area contributed by atoms with Crippen LogP contribution in [0.4, 0.5) is 11.6 Å². The van der Waals surface area contributed by atoms with Crippen LogP contribution in [0.25, 0.3) is 22.3 Å². The molecule has 0 aliphatic carbocycles. The molecule has 6 rings (SSSR count). The second-order valence-corrected chi connectivity index (χ2v) is 9.88. The molecule has 0 bridgehead atoms. The maximum Gasteiger partial charge on any atom is 0.341 e. The number of ether oxygens (including phenoxy) is 4. The van der Waals surface area contributed by atoms with Gasteiger partial charge in [-0.15, -0.1) is 5.10 Å². The van der Waals surface area contributed by atoms with Crippen molar-refractivity contribution < 1.29 is 28.8 Å². The van der Waals surface area contributed by atoms with Crippen LogP contribution in [0.2, 0.25) is 0 Å². The summed E-state index contributed by atoms with van der Waals surface area (Å²) in [7, 11) is 1.51. The molecule has 12 heteroatoms. The van der Waals surface area contributed by atoms with Gasteiger partial charge < -0.3 is 29.4 Å². The third-order valence-corrected chi connectivity index (χ3v) is 7.11. The Morgan fingerprint density at radius 1 is 1.02 bits per heavy atom. The number of hydrogen-bond donors (Lipinski definition) is 2. The second kappa shape index (κ2) is 11.5. The summed E-state index contributed by atoms with van der Waals surface area (Å²) < 4.78 is 26.6. The van der Waals surface area contributed by atoms with Crippen molar-refractivity contribution in [2.45, 2.75) is 51.0 Å². The molecular weight excluding hydrogens is 516 g/mol. The first-order valence-electron chi connectivity index (χ1n) is 13.6. The van der Waals surface area contributed by atoms with Gasteiger partial charge in [0.15, 0.2) is 36.4 Å². The molecule has 2 aromatic carbocycles. The van der Waals surface area contributed by atoms with Gasteiger partial charge in [0.25, 0.3) is 0 Å². The minimum Gasteiger partial charge on any atom is -0.493 e. The predicted octanol–water partition coefficient (Wildman–Crippen LogP) is 4.91. The summed E-state index contributed by atoms with van der Waals surface area (Å²) in [6, 6.07) is 11.3. The van der Waals surface area contributed by atoms with Crippen molar-refractivity contribution in [3.8, 4) is 22.9 Å². The Morgan fingerprint density at radius 3 is 2.50 bits per heavy atom. The summed E-state index contributed by atoms with van der Waals surface area (Å²) in [5.41, 5.74) is 2.59. The lowest BCUT2D eigenvalue weighted by molar-refractivity contribution is -0.139. The van der Waals surface area contributed by atoms with Crippen LogP contribution < -0.4 is 14.8 Å². The van der Waals surface area contributed by atoms with Crippen LogP contribution in [-0.4, -0.2) is 62.6 Å². The van der Waals surface area contributed by atoms with E-state index in [1.165, 1.54) is 7.11 Å². The number of fused-ring (bicyclic) bond motifs is 1. The van der Waals surface area contributed by atoms with E-state index < -0.39 is 12.6 Å². The molecule has 0 radical (unpaired) electrons. The highest BCUT2D eigenvalue weighted by Gasteiger charge is 2.24. The van der Waals surface area contributed by atoms with Crippen LogP contribution in [0.3, 0.4) is 0 Å². The van der Waals surface area contributed by atoms with Crippen molar-refractivity contribution in [2.24, 2.45) is 0 Å². The molecule has 40 heavy (non-hydrogen) atoms. The van der Waals surface area contributed by atoms with Crippen molar-refractivity contribution >= 4 is 28.5 Å². The number of carboxylic acid groups (broad SMARTS) is 1. The van der Waals surface area contributed by atoms with E-state index in [2.05, 4.69) is 10.4 Å². The zero-order valence-corrected chi connectivity index (χ0v) is 22.3. The number of carboxylic acids is 1. The Labute approximate surface area is 230 Å². The number of aliphatic carboxylic acids is 1. The normalized spacial score (nSPS) is 19.4. The van der Waals surface area contributed by atoms with Crippen molar-refractivity contribution in [1.29, 1.82) is 0 Å². The van der Waals surface area contributed by atoms with E-state index in [0.717, 1.165) is 67.3 Å². The molecule has 2 aliphatic heterocycles. The van der Waals surface area contributed by atoms with Crippen LogP contribution in [0, 0.1) is 0 Å². The van der Waals surface area contributed by atoms with Crippen molar-refractivity contribution in [1.82, 2.24) is 24.5 Å². The van der Waals surface area contributed by atoms with Crippen LogP contribution in [0.1, 0.15) is 51.0 Å². The molecule has 2 unspecified atom stereocenters. The second-order valence-electron chi connectivity index (χ2n) is 9.88. The van der Waals surface area contributed by atoms with E-state index in [0.29, 0.717) is 29.9 Å². The fourth-order valence-corrected chi connectivity index (χ4v) is 5.16. The SMILES string of the molecule is COc1cc(-c2nc(Nc3ccc4c(cnn4C4CCCCO4)c3)nn2C2CCCCO2)ccc1OCC(=O)O. The zero-order chi connectivity index (χ0) is 27.5. The zero-order valence-electron chi connectivity index (χ0n) is 22.3. The van der Waals surface area contributed by atoms with Crippen molar-refractivity contribution in [3.05, 3.63) is 42.6 Å². The lowest BCUT2D eigenvalue weighted by atomic mass is 10.1. The molecule has 2 fully saturated rings. The maximum absolute atomic E-state index is 11.0. The van der Waals surface area contributed by atoms with Gasteiger partial charge in [-0.05, 0) is 74.9 Å². The molecule has 4 heterocycles. The predicted molar refractivity (Wildman–Crippen MR) is 146 cm³/mol. The summed E-state index contributed by atoms with van der Waals surface area (Å²) in [6.45, 7) is 0.952. The van der Waals surface area contributed by atoms with Crippen LogP contribution in [0.5, 0.6) is 11.5 Å². The van der Waals surface area contributed by atoms with Gasteiger partial charge in [-0.25, -0.2) is 14.2 Å². The summed E-state index contributed by atoms with van der Waals surface area (Å²) in [5.74, 6) is 0.692. The molecule has 2 N–H and O–H groups in total. The van der Waals surface area contributed by atoms with E-state index >= 15 is 0 Å². The molecule has 2 atom stereocenters. The summed E-state index contributed by atoms with van der Waals surface area (Å²) in [5, 5.41) is 22.7. The Kier molecular flexibility index (Phi) is 7.51. The molecule has 2 aromatic heterocycles. The van der Waals surface area contributed by atoms with E-state index in [1.807, 2.05) is 29.1 Å². The van der Waals surface area contributed by atoms with E-state index in [4.69, 9.17) is 34.1 Å². The number of aromatic nitrogens is 5. The summed E-state index contributed by atoms with van der Waals surface area (Å²) in [4.78, 5) is 15.8. The smallest absolute Gasteiger partial charge is 0.341 e. The van der Waals surface area contributed by atoms with Gasteiger partial charge in [0, 0.05) is 29.9 Å². The van der Waals surface area contributed by atoms with Gasteiger partial charge in [-0.2, -0.15) is 10.1 Å². The van der Waals surface area contributed by atoms with Gasteiger partial charge >= 0.3 is 5.97 Å². The van der Waals surface area contributed by atoms with Crippen LogP contribution >= 0.6 is 0 Å². The minimum absolute atomic E-state index is 0.0293. The molecule has 210 valence electrons. The molecule has 2 aliphatic rings. The number of anilines is 2. The molecule has 2 saturated heterocycles. The van der Waals surface area contributed by atoms with Crippen LogP contribution in [-0.2, 0) is 14.3 Å². The summed E-state index contributed by atoms with van der Waals surface area (Å²) >= 11 is 0. The largest absolute Gasteiger partial charge is 0.493 e. The first kappa shape index (κ1) is 26.1. The Hall–Kier alpha value is -4.16. The highest BCUT2D eigenvalue weighted by atomic mass is 16.5. The Morgan fingerprint density at radius 2 is 1.80 bits per heavy atom. The molecule has 4 aromatic rings. The number of hydrogen-bond acceptors (Lipinski definition) is 9. The minimum atomic E-state index is -1.07. The number of nitrogens with zero attached hydrogens (tertiary/aromatic N) is 5. The quantitative estimate of drug-likeness (QED) is 0.297. The Balaban J connectivity index is 1.30. The molecule has 12 nitrogen and oxygen atoms in total. The van der Waals surface area contributed by atoms with Gasteiger partial charge in [0.05, 0.1) is 18.8 Å².